The van der Waals surface area contributed by atoms with Crippen molar-refractivity contribution in [3.63, 3.8) is 0 Å². The Morgan fingerprint density at radius 2 is 2.08 bits per heavy atom. The van der Waals surface area contributed by atoms with Crippen LogP contribution in [0.25, 0.3) is 10.9 Å². The number of carbonyl (C=O) groups excluding carboxylic acids is 1. The maximum Gasteiger partial charge on any atom is 0.254 e. The number of aromatic nitrogens is 3. The molecule has 3 heterocycles. The van der Waals surface area contributed by atoms with Crippen LogP contribution in [0.4, 0.5) is 0 Å². The fourth-order valence-corrected chi connectivity index (χ4v) is 3.94. The summed E-state index contributed by atoms with van der Waals surface area (Å²) in [5, 5.41) is 8.09. The molecule has 0 aliphatic carbocycles. The van der Waals surface area contributed by atoms with E-state index < -0.39 is 0 Å². The van der Waals surface area contributed by atoms with E-state index >= 15 is 0 Å². The normalized spacial score (nSPS) is 17.7. The number of aromatic amines is 1. The van der Waals surface area contributed by atoms with Gasteiger partial charge in [-0.1, -0.05) is 11.6 Å². The van der Waals surface area contributed by atoms with Gasteiger partial charge in [-0.3, -0.25) is 14.9 Å². The highest BCUT2D eigenvalue weighted by Crippen LogP contribution is 2.30. The van der Waals surface area contributed by atoms with Crippen molar-refractivity contribution in [2.24, 2.45) is 0 Å². The van der Waals surface area contributed by atoms with Crippen LogP contribution in [0.5, 0.6) is 0 Å². The van der Waals surface area contributed by atoms with Crippen LogP contribution in [-0.4, -0.2) is 39.1 Å². The van der Waals surface area contributed by atoms with Gasteiger partial charge in [-0.05, 0) is 57.4 Å². The lowest BCUT2D eigenvalue weighted by atomic mass is 9.93. The van der Waals surface area contributed by atoms with E-state index in [1.165, 1.54) is 0 Å². The number of likely N-dealkylation sites (tertiary alicyclic amines) is 1. The number of carbonyl (C=O) groups is 1. The summed E-state index contributed by atoms with van der Waals surface area (Å²) >= 11 is 0. The second kappa shape index (κ2) is 6.56. The van der Waals surface area contributed by atoms with Crippen molar-refractivity contribution in [2.75, 3.05) is 13.1 Å². The number of amides is 1. The van der Waals surface area contributed by atoms with Crippen LogP contribution in [0.3, 0.4) is 0 Å². The number of benzene rings is 1. The fraction of sp³-hybridized carbons (Fsp3) is 0.381. The summed E-state index contributed by atoms with van der Waals surface area (Å²) in [7, 11) is 0. The number of aryl methyl sites for hydroxylation is 2. The Morgan fingerprint density at radius 1 is 1.23 bits per heavy atom. The molecule has 4 rings (SSSR count). The first kappa shape index (κ1) is 16.8. The molecule has 1 atom stereocenters. The third kappa shape index (κ3) is 2.87. The summed E-state index contributed by atoms with van der Waals surface area (Å²) in [6, 6.07) is 8.16. The lowest BCUT2D eigenvalue weighted by molar-refractivity contribution is 0.0707. The molecule has 1 fully saturated rings. The SMILES string of the molecule is Cc1ccc2nc(C)c(C)c(C(=O)N3CCCC(c4ccn[nH]4)C3)c2c1. The Morgan fingerprint density at radius 3 is 2.85 bits per heavy atom. The van der Waals surface area contributed by atoms with Crippen LogP contribution in [-0.2, 0) is 0 Å². The number of hydrogen-bond acceptors (Lipinski definition) is 3. The number of nitrogens with zero attached hydrogens (tertiary/aromatic N) is 3. The molecule has 0 bridgehead atoms. The van der Waals surface area contributed by atoms with E-state index in [4.69, 9.17) is 0 Å². The van der Waals surface area contributed by atoms with Gasteiger partial charge in [-0.15, -0.1) is 0 Å². The van der Waals surface area contributed by atoms with Gasteiger partial charge in [0.25, 0.3) is 5.91 Å². The van der Waals surface area contributed by atoms with E-state index in [-0.39, 0.29) is 5.91 Å². The fourth-order valence-electron chi connectivity index (χ4n) is 3.94. The monoisotopic (exact) mass is 348 g/mol. The minimum atomic E-state index is 0.118. The average molecular weight is 348 g/mol. The third-order valence-electron chi connectivity index (χ3n) is 5.51. The number of pyridine rings is 1. The Balaban J connectivity index is 1.74. The molecule has 26 heavy (non-hydrogen) atoms. The number of piperidine rings is 1. The minimum absolute atomic E-state index is 0.118. The van der Waals surface area contributed by atoms with Crippen LogP contribution in [0, 0.1) is 20.8 Å². The molecule has 3 aromatic rings. The maximum atomic E-state index is 13.5. The molecule has 1 aliphatic rings. The first-order valence-corrected chi connectivity index (χ1v) is 9.20. The highest BCUT2D eigenvalue weighted by molar-refractivity contribution is 6.07. The Hall–Kier alpha value is -2.69. The van der Waals surface area contributed by atoms with Crippen molar-refractivity contribution in [2.45, 2.75) is 39.5 Å². The van der Waals surface area contributed by atoms with E-state index in [1.54, 1.807) is 6.20 Å². The zero-order chi connectivity index (χ0) is 18.3. The summed E-state index contributed by atoms with van der Waals surface area (Å²) in [6.45, 7) is 7.58. The van der Waals surface area contributed by atoms with Gasteiger partial charge in [0.05, 0.1) is 11.1 Å². The Bertz CT molecular complexity index is 962. The molecule has 0 saturated carbocycles. The molecule has 134 valence electrons. The zero-order valence-electron chi connectivity index (χ0n) is 15.5. The van der Waals surface area contributed by atoms with Gasteiger partial charge in [0.15, 0.2) is 0 Å². The lowest BCUT2D eigenvalue weighted by Crippen LogP contribution is -2.39. The largest absolute Gasteiger partial charge is 0.338 e. The molecule has 1 N–H and O–H groups in total. The topological polar surface area (TPSA) is 61.9 Å². The quantitative estimate of drug-likeness (QED) is 0.764. The van der Waals surface area contributed by atoms with E-state index in [1.807, 2.05) is 36.9 Å². The first-order valence-electron chi connectivity index (χ1n) is 9.20. The predicted octanol–water partition coefficient (Wildman–Crippen LogP) is 3.90. The van der Waals surface area contributed by atoms with Crippen molar-refractivity contribution < 1.29 is 4.79 Å². The molecule has 1 aliphatic heterocycles. The molecular formula is C21H24N4O. The van der Waals surface area contributed by atoms with Crippen LogP contribution in [0.1, 0.15) is 51.6 Å². The number of hydrogen-bond donors (Lipinski definition) is 1. The molecule has 1 amide bonds. The number of H-pyrrole nitrogens is 1. The van der Waals surface area contributed by atoms with Crippen molar-refractivity contribution >= 4 is 16.8 Å². The molecular weight excluding hydrogens is 324 g/mol. The van der Waals surface area contributed by atoms with Crippen LogP contribution in [0.2, 0.25) is 0 Å². The summed E-state index contributed by atoms with van der Waals surface area (Å²) < 4.78 is 0. The summed E-state index contributed by atoms with van der Waals surface area (Å²) in [4.78, 5) is 20.2. The summed E-state index contributed by atoms with van der Waals surface area (Å²) in [5.41, 5.74) is 5.87. The maximum absolute atomic E-state index is 13.5. The van der Waals surface area contributed by atoms with E-state index in [0.717, 1.165) is 64.9 Å². The minimum Gasteiger partial charge on any atom is -0.338 e. The van der Waals surface area contributed by atoms with Crippen molar-refractivity contribution in [1.82, 2.24) is 20.1 Å². The molecule has 1 unspecified atom stereocenters. The van der Waals surface area contributed by atoms with Gasteiger partial charge in [-0.25, -0.2) is 0 Å². The van der Waals surface area contributed by atoms with Crippen molar-refractivity contribution in [1.29, 1.82) is 0 Å². The van der Waals surface area contributed by atoms with Crippen molar-refractivity contribution in [3.05, 3.63) is 58.5 Å². The zero-order valence-corrected chi connectivity index (χ0v) is 15.5. The Kier molecular flexibility index (Phi) is 4.23. The molecule has 0 spiro atoms. The average Bonchev–Trinajstić information content (AvgIpc) is 3.18. The molecule has 1 aromatic carbocycles. The molecule has 2 aromatic heterocycles. The molecule has 5 heteroatoms. The van der Waals surface area contributed by atoms with Gasteiger partial charge >= 0.3 is 0 Å². The smallest absolute Gasteiger partial charge is 0.254 e. The van der Waals surface area contributed by atoms with Crippen LogP contribution >= 0.6 is 0 Å². The summed E-state index contributed by atoms with van der Waals surface area (Å²) in [6.07, 6.45) is 3.87. The standard InChI is InChI=1S/C21H24N4O/c1-13-6-7-19-17(11-13)20(14(2)15(3)23-19)21(26)25-10-4-5-16(12-25)18-8-9-22-24-18/h6-9,11,16H,4-5,10,12H2,1-3H3,(H,22,24). The van der Waals surface area contributed by atoms with Gasteiger partial charge in [0.2, 0.25) is 0 Å². The van der Waals surface area contributed by atoms with Gasteiger partial charge in [-0.2, -0.15) is 5.10 Å². The second-order valence-electron chi connectivity index (χ2n) is 7.32. The number of fused-ring (bicyclic) bond motifs is 1. The molecule has 0 radical (unpaired) electrons. The molecule has 5 nitrogen and oxygen atoms in total. The van der Waals surface area contributed by atoms with Crippen LogP contribution < -0.4 is 0 Å². The highest BCUT2D eigenvalue weighted by atomic mass is 16.2. The number of nitrogens with one attached hydrogen (secondary N) is 1. The third-order valence-corrected chi connectivity index (χ3v) is 5.51. The predicted molar refractivity (Wildman–Crippen MR) is 102 cm³/mol. The first-order chi connectivity index (χ1) is 12.5. The second-order valence-corrected chi connectivity index (χ2v) is 7.32. The lowest BCUT2D eigenvalue weighted by Gasteiger charge is -2.33. The van der Waals surface area contributed by atoms with E-state index in [0.29, 0.717) is 5.92 Å². The van der Waals surface area contributed by atoms with Gasteiger partial charge in [0, 0.05) is 42.0 Å². The number of rotatable bonds is 2. The Labute approximate surface area is 153 Å². The van der Waals surface area contributed by atoms with E-state index in [9.17, 15) is 4.79 Å². The van der Waals surface area contributed by atoms with E-state index in [2.05, 4.69) is 28.2 Å². The summed E-state index contributed by atoms with van der Waals surface area (Å²) in [5.74, 6) is 0.444. The molecule has 1 saturated heterocycles. The van der Waals surface area contributed by atoms with Gasteiger partial charge < -0.3 is 4.90 Å². The van der Waals surface area contributed by atoms with Crippen LogP contribution in [0.15, 0.2) is 30.5 Å². The van der Waals surface area contributed by atoms with Crippen molar-refractivity contribution in [3.8, 4) is 0 Å². The highest BCUT2D eigenvalue weighted by Gasteiger charge is 2.28. The van der Waals surface area contributed by atoms with Gasteiger partial charge in [0.1, 0.15) is 0 Å².